The summed E-state index contributed by atoms with van der Waals surface area (Å²) in [6.07, 6.45) is 4.79. The summed E-state index contributed by atoms with van der Waals surface area (Å²) in [5, 5.41) is 9.41. The molecule has 1 atom stereocenters. The van der Waals surface area contributed by atoms with Gasteiger partial charge in [-0.15, -0.1) is 0 Å². The third kappa shape index (κ3) is 4.04. The van der Waals surface area contributed by atoms with Crippen molar-refractivity contribution >= 4 is 5.88 Å². The van der Waals surface area contributed by atoms with Crippen molar-refractivity contribution in [2.24, 2.45) is 0 Å². The van der Waals surface area contributed by atoms with E-state index in [9.17, 15) is 5.26 Å². The number of aryl methyl sites for hydroxylation is 2. The fourth-order valence-electron chi connectivity index (χ4n) is 3.38. The van der Waals surface area contributed by atoms with Crippen molar-refractivity contribution in [3.05, 3.63) is 47.5 Å². The van der Waals surface area contributed by atoms with Gasteiger partial charge in [0.2, 0.25) is 5.88 Å². The Bertz CT molecular complexity index is 737. The molecule has 0 saturated carbocycles. The second kappa shape index (κ2) is 7.31. The van der Waals surface area contributed by atoms with Crippen molar-refractivity contribution in [3.8, 4) is 6.07 Å². The maximum absolute atomic E-state index is 9.41. The average Bonchev–Trinajstić information content (AvgIpc) is 3.21. The minimum atomic E-state index is -0.0981. The van der Waals surface area contributed by atoms with Crippen LogP contribution in [0, 0.1) is 11.3 Å². The molecule has 0 aliphatic carbocycles. The Labute approximate surface area is 150 Å². The number of hydrogen-bond donors (Lipinski definition) is 0. The van der Waals surface area contributed by atoms with Crippen LogP contribution in [0.15, 0.2) is 34.7 Å². The third-order valence-electron chi connectivity index (χ3n) is 4.73. The molecule has 1 fully saturated rings. The van der Waals surface area contributed by atoms with Crippen LogP contribution >= 0.6 is 0 Å². The van der Waals surface area contributed by atoms with Gasteiger partial charge in [0.1, 0.15) is 11.7 Å². The molecule has 2 heterocycles. The molecule has 2 aromatic rings. The van der Waals surface area contributed by atoms with Crippen LogP contribution in [0.5, 0.6) is 0 Å². The van der Waals surface area contributed by atoms with E-state index in [1.165, 1.54) is 5.56 Å². The molecule has 0 radical (unpaired) electrons. The van der Waals surface area contributed by atoms with E-state index in [0.717, 1.165) is 56.1 Å². The molecule has 3 rings (SSSR count). The highest BCUT2D eigenvalue weighted by molar-refractivity contribution is 5.48. The van der Waals surface area contributed by atoms with Crippen LogP contribution in [-0.2, 0) is 18.3 Å². The second-order valence-corrected chi connectivity index (χ2v) is 7.83. The highest BCUT2D eigenvalue weighted by Gasteiger charge is 2.34. The van der Waals surface area contributed by atoms with E-state index in [1.54, 1.807) is 0 Å². The minimum Gasteiger partial charge on any atom is -0.425 e. The van der Waals surface area contributed by atoms with Crippen molar-refractivity contribution in [3.63, 3.8) is 0 Å². The smallest absolute Gasteiger partial charge is 0.221 e. The van der Waals surface area contributed by atoms with E-state index in [4.69, 9.17) is 9.40 Å². The molecular formula is C21H27N3O. The summed E-state index contributed by atoms with van der Waals surface area (Å²) >= 11 is 0. The van der Waals surface area contributed by atoms with Crippen LogP contribution in [0.1, 0.15) is 57.2 Å². The topological polar surface area (TPSA) is 53.1 Å². The lowest BCUT2D eigenvalue weighted by molar-refractivity contribution is 0.477. The minimum absolute atomic E-state index is 0.0915. The zero-order chi connectivity index (χ0) is 17.9. The van der Waals surface area contributed by atoms with Gasteiger partial charge in [-0.2, -0.15) is 5.26 Å². The van der Waals surface area contributed by atoms with Gasteiger partial charge in [-0.25, -0.2) is 4.98 Å². The first-order chi connectivity index (χ1) is 12.0. The summed E-state index contributed by atoms with van der Waals surface area (Å²) in [4.78, 5) is 6.91. The maximum atomic E-state index is 9.41. The summed E-state index contributed by atoms with van der Waals surface area (Å²) in [6, 6.07) is 12.8. The Balaban J connectivity index is 1.76. The quantitative estimate of drug-likeness (QED) is 0.797. The van der Waals surface area contributed by atoms with Crippen molar-refractivity contribution in [2.75, 3.05) is 11.4 Å². The molecular weight excluding hydrogens is 310 g/mol. The van der Waals surface area contributed by atoms with Crippen molar-refractivity contribution in [1.29, 1.82) is 5.26 Å². The second-order valence-electron chi connectivity index (χ2n) is 7.83. The largest absolute Gasteiger partial charge is 0.425 e. The molecule has 0 N–H and O–H groups in total. The average molecular weight is 337 g/mol. The molecule has 1 aromatic carbocycles. The molecule has 0 unspecified atom stereocenters. The van der Waals surface area contributed by atoms with Gasteiger partial charge in [0.25, 0.3) is 0 Å². The number of oxazole rings is 1. The molecule has 0 spiro atoms. The van der Waals surface area contributed by atoms with Crippen LogP contribution in [-0.4, -0.2) is 17.6 Å². The first kappa shape index (κ1) is 17.5. The van der Waals surface area contributed by atoms with Crippen molar-refractivity contribution in [1.82, 2.24) is 4.98 Å². The Morgan fingerprint density at radius 3 is 2.68 bits per heavy atom. The number of aromatic nitrogens is 1. The monoisotopic (exact) mass is 337 g/mol. The van der Waals surface area contributed by atoms with Gasteiger partial charge in [-0.05, 0) is 31.2 Å². The normalized spacial score (nSPS) is 17.7. The van der Waals surface area contributed by atoms with E-state index in [-0.39, 0.29) is 11.5 Å². The lowest BCUT2D eigenvalue weighted by Gasteiger charge is -2.23. The summed E-state index contributed by atoms with van der Waals surface area (Å²) in [6.45, 7) is 7.33. The van der Waals surface area contributed by atoms with Gasteiger partial charge in [-0.3, -0.25) is 0 Å². The third-order valence-corrected chi connectivity index (χ3v) is 4.73. The van der Waals surface area contributed by atoms with Gasteiger partial charge < -0.3 is 9.32 Å². The van der Waals surface area contributed by atoms with E-state index < -0.39 is 0 Å². The number of hydrogen-bond acceptors (Lipinski definition) is 4. The van der Waals surface area contributed by atoms with E-state index >= 15 is 0 Å². The molecule has 132 valence electrons. The van der Waals surface area contributed by atoms with Crippen molar-refractivity contribution in [2.45, 2.75) is 64.3 Å². The number of anilines is 1. The summed E-state index contributed by atoms with van der Waals surface area (Å²) in [7, 11) is 0. The predicted octanol–water partition coefficient (Wildman–Crippen LogP) is 4.64. The molecule has 1 aliphatic rings. The maximum Gasteiger partial charge on any atom is 0.221 e. The fourth-order valence-corrected chi connectivity index (χ4v) is 3.38. The highest BCUT2D eigenvalue weighted by Crippen LogP contribution is 2.36. The first-order valence-corrected chi connectivity index (χ1v) is 9.19. The highest BCUT2D eigenvalue weighted by atomic mass is 16.4. The number of nitrogens with zero attached hydrogens (tertiary/aromatic N) is 3. The Morgan fingerprint density at radius 1 is 1.24 bits per heavy atom. The van der Waals surface area contributed by atoms with Crippen LogP contribution in [0.2, 0.25) is 0 Å². The van der Waals surface area contributed by atoms with Gasteiger partial charge in [0.15, 0.2) is 5.89 Å². The van der Waals surface area contributed by atoms with E-state index in [2.05, 4.69) is 56.0 Å². The van der Waals surface area contributed by atoms with Crippen LogP contribution in [0.3, 0.4) is 0 Å². The van der Waals surface area contributed by atoms with Gasteiger partial charge in [0, 0.05) is 18.4 Å². The van der Waals surface area contributed by atoms with Gasteiger partial charge >= 0.3 is 0 Å². The zero-order valence-corrected chi connectivity index (χ0v) is 15.5. The standard InChI is InChI=1S/C21H27N3O/c1-21(2,3)19-20(24-14-8-12-17(24)15-22)25-18(23-19)13-7-11-16-9-5-4-6-10-16/h4-6,9-10,17H,7-8,11-14H2,1-3H3/t17-/m0/s1. The number of benzene rings is 1. The molecule has 1 aromatic heterocycles. The Kier molecular flexibility index (Phi) is 5.13. The molecule has 1 saturated heterocycles. The number of rotatable bonds is 5. The summed E-state index contributed by atoms with van der Waals surface area (Å²) < 4.78 is 6.16. The molecule has 1 aliphatic heterocycles. The fraction of sp³-hybridized carbons (Fsp3) is 0.524. The van der Waals surface area contributed by atoms with Crippen LogP contribution in [0.4, 0.5) is 5.88 Å². The first-order valence-electron chi connectivity index (χ1n) is 9.19. The van der Waals surface area contributed by atoms with Gasteiger partial charge in [-0.1, -0.05) is 51.1 Å². The SMILES string of the molecule is CC(C)(C)c1nc(CCCc2ccccc2)oc1N1CCC[C@H]1C#N. The van der Waals surface area contributed by atoms with E-state index in [1.807, 2.05) is 6.07 Å². The summed E-state index contributed by atoms with van der Waals surface area (Å²) in [5.41, 5.74) is 2.22. The Morgan fingerprint density at radius 2 is 2.00 bits per heavy atom. The molecule has 0 amide bonds. The molecule has 4 heteroatoms. The van der Waals surface area contributed by atoms with E-state index in [0.29, 0.717) is 0 Å². The molecule has 0 bridgehead atoms. The van der Waals surface area contributed by atoms with Crippen LogP contribution < -0.4 is 4.90 Å². The number of nitriles is 1. The lowest BCUT2D eigenvalue weighted by Crippen LogP contribution is -2.30. The Hall–Kier alpha value is -2.28. The van der Waals surface area contributed by atoms with Crippen molar-refractivity contribution < 1.29 is 4.42 Å². The lowest BCUT2D eigenvalue weighted by atomic mass is 9.92. The summed E-state index contributed by atoms with van der Waals surface area (Å²) in [5.74, 6) is 1.60. The molecule has 25 heavy (non-hydrogen) atoms. The molecule has 4 nitrogen and oxygen atoms in total. The zero-order valence-electron chi connectivity index (χ0n) is 15.5. The van der Waals surface area contributed by atoms with Gasteiger partial charge in [0.05, 0.1) is 6.07 Å². The van der Waals surface area contributed by atoms with Crippen LogP contribution in [0.25, 0.3) is 0 Å². The predicted molar refractivity (Wildman–Crippen MR) is 99.7 cm³/mol.